The van der Waals surface area contributed by atoms with Crippen molar-refractivity contribution >= 4 is 17.1 Å². The van der Waals surface area contributed by atoms with Crippen LogP contribution < -0.4 is 0 Å². The highest BCUT2D eigenvalue weighted by Crippen LogP contribution is 2.16. The molecule has 0 spiro atoms. The molecule has 0 rings (SSSR count). The van der Waals surface area contributed by atoms with Gasteiger partial charge in [0.1, 0.15) is 0 Å². The summed E-state index contributed by atoms with van der Waals surface area (Å²) in [5.41, 5.74) is 0. The van der Waals surface area contributed by atoms with Gasteiger partial charge in [0.15, 0.2) is 0 Å². The summed E-state index contributed by atoms with van der Waals surface area (Å²) in [6, 6.07) is 0. The second-order valence-corrected chi connectivity index (χ2v) is 10.8. The van der Waals surface area contributed by atoms with E-state index in [4.69, 9.17) is 13.0 Å². The molecule has 0 aliphatic heterocycles. The molecule has 0 saturated heterocycles. The van der Waals surface area contributed by atoms with Gasteiger partial charge in [-0.1, -0.05) is 0 Å². The van der Waals surface area contributed by atoms with Crippen LogP contribution in [0.15, 0.2) is 0 Å². The quantitative estimate of drug-likeness (QED) is 0.646. The molecule has 0 unspecified atom stereocenters. The molecule has 0 saturated carbocycles. The molecule has 0 aliphatic carbocycles. The van der Waals surface area contributed by atoms with Crippen LogP contribution in [0.4, 0.5) is 0 Å². The SMILES string of the molecule is CCO[Si](C)(C)O[Si](C)(C)OCC. The van der Waals surface area contributed by atoms with Gasteiger partial charge in [0, 0.05) is 13.2 Å². The first-order valence-electron chi connectivity index (χ1n) is 4.81. The Kier molecular flexibility index (Phi) is 5.38. The summed E-state index contributed by atoms with van der Waals surface area (Å²) in [6.07, 6.45) is 0. The highest BCUT2D eigenvalue weighted by molar-refractivity contribution is 6.78. The summed E-state index contributed by atoms with van der Waals surface area (Å²) in [6.45, 7) is 13.7. The van der Waals surface area contributed by atoms with Crippen LogP contribution in [0.25, 0.3) is 0 Å². The van der Waals surface area contributed by atoms with E-state index in [1.807, 2.05) is 13.8 Å². The average Bonchev–Trinajstić information content (AvgIpc) is 1.82. The van der Waals surface area contributed by atoms with Crippen LogP contribution in [-0.4, -0.2) is 30.3 Å². The summed E-state index contributed by atoms with van der Waals surface area (Å²) in [5, 5.41) is 0. The summed E-state index contributed by atoms with van der Waals surface area (Å²) in [7, 11) is -3.88. The average molecular weight is 222 g/mol. The van der Waals surface area contributed by atoms with Gasteiger partial charge >= 0.3 is 17.1 Å². The Morgan fingerprint density at radius 3 is 1.31 bits per heavy atom. The smallest absolute Gasteiger partial charge is 0.322 e. The number of hydrogen-bond acceptors (Lipinski definition) is 3. The van der Waals surface area contributed by atoms with Crippen molar-refractivity contribution in [1.82, 2.24) is 0 Å². The second-order valence-electron chi connectivity index (χ2n) is 3.77. The van der Waals surface area contributed by atoms with Gasteiger partial charge in [-0.15, -0.1) is 0 Å². The zero-order valence-corrected chi connectivity index (χ0v) is 11.6. The van der Waals surface area contributed by atoms with Crippen molar-refractivity contribution in [3.8, 4) is 0 Å². The Labute approximate surface area is 83.9 Å². The number of rotatable bonds is 6. The Balaban J connectivity index is 4.07. The lowest BCUT2D eigenvalue weighted by molar-refractivity contribution is 0.208. The summed E-state index contributed by atoms with van der Waals surface area (Å²) in [5.74, 6) is 0. The van der Waals surface area contributed by atoms with Crippen LogP contribution in [0.5, 0.6) is 0 Å². The van der Waals surface area contributed by atoms with E-state index in [2.05, 4.69) is 26.2 Å². The second kappa shape index (κ2) is 5.26. The van der Waals surface area contributed by atoms with E-state index in [0.717, 1.165) is 13.2 Å². The Bertz CT molecular complexity index is 132. The van der Waals surface area contributed by atoms with E-state index in [1.165, 1.54) is 0 Å². The van der Waals surface area contributed by atoms with Crippen LogP contribution in [0, 0.1) is 0 Å². The summed E-state index contributed by atoms with van der Waals surface area (Å²) < 4.78 is 17.1. The molecule has 0 amide bonds. The fourth-order valence-corrected chi connectivity index (χ4v) is 7.94. The van der Waals surface area contributed by atoms with E-state index in [-0.39, 0.29) is 0 Å². The molecule has 0 atom stereocenters. The monoisotopic (exact) mass is 222 g/mol. The Hall–Kier alpha value is 0.314. The third-order valence-electron chi connectivity index (χ3n) is 1.48. The van der Waals surface area contributed by atoms with Crippen molar-refractivity contribution in [2.45, 2.75) is 40.0 Å². The van der Waals surface area contributed by atoms with Crippen LogP contribution >= 0.6 is 0 Å². The predicted molar refractivity (Wildman–Crippen MR) is 59.3 cm³/mol. The van der Waals surface area contributed by atoms with Crippen molar-refractivity contribution in [2.75, 3.05) is 13.2 Å². The molecule has 5 heteroatoms. The first-order valence-corrected chi connectivity index (χ1v) is 10.4. The van der Waals surface area contributed by atoms with Crippen molar-refractivity contribution < 1.29 is 13.0 Å². The molecule has 0 fully saturated rings. The van der Waals surface area contributed by atoms with E-state index < -0.39 is 17.1 Å². The molecule has 0 radical (unpaired) electrons. The van der Waals surface area contributed by atoms with Crippen molar-refractivity contribution in [3.63, 3.8) is 0 Å². The highest BCUT2D eigenvalue weighted by atomic mass is 28.5. The van der Waals surface area contributed by atoms with Crippen molar-refractivity contribution in [1.29, 1.82) is 0 Å². The molecule has 3 nitrogen and oxygen atoms in total. The minimum Gasteiger partial charge on any atom is -0.415 e. The minimum absolute atomic E-state index is 0.718. The van der Waals surface area contributed by atoms with Gasteiger partial charge in [0.25, 0.3) is 0 Å². The molecule has 13 heavy (non-hydrogen) atoms. The van der Waals surface area contributed by atoms with E-state index in [0.29, 0.717) is 0 Å². The lowest BCUT2D eigenvalue weighted by Gasteiger charge is -2.31. The molecule has 0 N–H and O–H groups in total. The van der Waals surface area contributed by atoms with Gasteiger partial charge in [-0.05, 0) is 40.0 Å². The third kappa shape index (κ3) is 6.39. The van der Waals surface area contributed by atoms with Gasteiger partial charge in [-0.2, -0.15) is 0 Å². The third-order valence-corrected chi connectivity index (χ3v) is 7.38. The van der Waals surface area contributed by atoms with Crippen LogP contribution in [0.1, 0.15) is 13.8 Å². The van der Waals surface area contributed by atoms with E-state index >= 15 is 0 Å². The first kappa shape index (κ1) is 13.3. The van der Waals surface area contributed by atoms with Crippen molar-refractivity contribution in [3.05, 3.63) is 0 Å². The minimum atomic E-state index is -1.94. The molecular weight excluding hydrogens is 200 g/mol. The zero-order valence-electron chi connectivity index (χ0n) is 9.64. The lowest BCUT2D eigenvalue weighted by Crippen LogP contribution is -2.48. The van der Waals surface area contributed by atoms with Gasteiger partial charge in [-0.25, -0.2) is 0 Å². The van der Waals surface area contributed by atoms with Crippen LogP contribution in [0.3, 0.4) is 0 Å². The zero-order chi connectivity index (χ0) is 10.5. The maximum atomic E-state index is 5.94. The largest absolute Gasteiger partial charge is 0.415 e. The maximum Gasteiger partial charge on any atom is 0.322 e. The maximum absolute atomic E-state index is 5.94. The molecular formula is C8H22O3Si2. The Morgan fingerprint density at radius 1 is 0.769 bits per heavy atom. The van der Waals surface area contributed by atoms with Crippen LogP contribution in [-0.2, 0) is 13.0 Å². The van der Waals surface area contributed by atoms with Crippen molar-refractivity contribution in [2.24, 2.45) is 0 Å². The summed E-state index contributed by atoms with van der Waals surface area (Å²) in [4.78, 5) is 0. The molecule has 0 bridgehead atoms. The molecule has 0 aromatic rings. The summed E-state index contributed by atoms with van der Waals surface area (Å²) >= 11 is 0. The standard InChI is InChI=1S/C8H22O3Si2/c1-7-9-12(3,4)11-13(5,6)10-8-2/h7-8H2,1-6H3. The van der Waals surface area contributed by atoms with Crippen LogP contribution in [0.2, 0.25) is 26.2 Å². The number of hydrogen-bond donors (Lipinski definition) is 0. The normalized spacial score (nSPS) is 13.4. The Morgan fingerprint density at radius 2 is 1.08 bits per heavy atom. The topological polar surface area (TPSA) is 27.7 Å². The molecule has 80 valence electrons. The predicted octanol–water partition coefficient (Wildman–Crippen LogP) is 2.48. The van der Waals surface area contributed by atoms with Gasteiger partial charge < -0.3 is 13.0 Å². The molecule has 0 heterocycles. The first-order chi connectivity index (χ1) is 5.83. The fraction of sp³-hybridized carbons (Fsp3) is 1.00. The molecule has 0 aromatic heterocycles. The molecule has 0 aliphatic rings. The lowest BCUT2D eigenvalue weighted by atomic mass is 10.9. The van der Waals surface area contributed by atoms with Gasteiger partial charge in [0.05, 0.1) is 0 Å². The van der Waals surface area contributed by atoms with Gasteiger partial charge in [0.2, 0.25) is 0 Å². The van der Waals surface area contributed by atoms with E-state index in [9.17, 15) is 0 Å². The van der Waals surface area contributed by atoms with Gasteiger partial charge in [-0.3, -0.25) is 0 Å². The van der Waals surface area contributed by atoms with E-state index in [1.54, 1.807) is 0 Å². The fourth-order valence-electron chi connectivity index (χ4n) is 1.35. The molecule has 0 aromatic carbocycles. The highest BCUT2D eigenvalue weighted by Gasteiger charge is 2.35.